The lowest BCUT2D eigenvalue weighted by Gasteiger charge is -2.33. The van der Waals surface area contributed by atoms with Crippen molar-refractivity contribution in [2.45, 2.75) is 19.5 Å². The first-order valence-electron chi connectivity index (χ1n) is 10.5. The highest BCUT2D eigenvalue weighted by atomic mass is 16.5. The van der Waals surface area contributed by atoms with Crippen LogP contribution in [-0.4, -0.2) is 42.7 Å². The summed E-state index contributed by atoms with van der Waals surface area (Å²) in [5.41, 5.74) is 6.62. The number of anilines is 1. The normalized spacial score (nSPS) is 17.2. The van der Waals surface area contributed by atoms with E-state index in [1.807, 2.05) is 0 Å². The molecule has 2 aliphatic heterocycles. The number of aromatic nitrogens is 1. The number of benzene rings is 2. The predicted molar refractivity (Wildman–Crippen MR) is 117 cm³/mol. The van der Waals surface area contributed by atoms with E-state index in [0.717, 1.165) is 58.2 Å². The molecule has 0 N–H and O–H groups in total. The molecular weight excluding hydrogens is 358 g/mol. The molecule has 0 amide bonds. The zero-order chi connectivity index (χ0) is 19.5. The summed E-state index contributed by atoms with van der Waals surface area (Å²) < 4.78 is 5.54. The van der Waals surface area contributed by atoms with Gasteiger partial charge in [-0.25, -0.2) is 4.98 Å². The molecule has 0 unspecified atom stereocenters. The molecule has 4 heteroatoms. The van der Waals surface area contributed by atoms with E-state index in [1.165, 1.54) is 27.9 Å². The van der Waals surface area contributed by atoms with E-state index >= 15 is 0 Å². The lowest BCUT2D eigenvalue weighted by molar-refractivity contribution is 0.122. The van der Waals surface area contributed by atoms with Crippen molar-refractivity contribution in [1.29, 1.82) is 0 Å². The van der Waals surface area contributed by atoms with Crippen molar-refractivity contribution in [3.63, 3.8) is 0 Å². The van der Waals surface area contributed by atoms with Crippen molar-refractivity contribution in [3.05, 3.63) is 83.6 Å². The van der Waals surface area contributed by atoms with Gasteiger partial charge in [0.15, 0.2) is 0 Å². The molecule has 2 aliphatic rings. The fourth-order valence-electron chi connectivity index (χ4n) is 4.37. The molecular formula is C25H27N3O. The lowest BCUT2D eigenvalue weighted by Crippen LogP contribution is -2.37. The van der Waals surface area contributed by atoms with Crippen LogP contribution in [-0.2, 0) is 24.2 Å². The Morgan fingerprint density at radius 1 is 0.862 bits per heavy atom. The molecule has 1 fully saturated rings. The second-order valence-electron chi connectivity index (χ2n) is 7.86. The quantitative estimate of drug-likeness (QED) is 0.675. The van der Waals surface area contributed by atoms with E-state index in [9.17, 15) is 0 Å². The monoisotopic (exact) mass is 385 g/mol. The fraction of sp³-hybridized carbons (Fsp3) is 0.320. The zero-order valence-corrected chi connectivity index (χ0v) is 16.8. The third kappa shape index (κ3) is 4.04. The van der Waals surface area contributed by atoms with Gasteiger partial charge in [-0.1, -0.05) is 60.7 Å². The maximum absolute atomic E-state index is 5.54. The van der Waals surface area contributed by atoms with Crippen LogP contribution in [0.3, 0.4) is 0 Å². The number of hydrogen-bond donors (Lipinski definition) is 0. The maximum Gasteiger partial charge on any atom is 0.129 e. The van der Waals surface area contributed by atoms with Gasteiger partial charge in [-0.15, -0.1) is 0 Å². The van der Waals surface area contributed by atoms with Crippen LogP contribution >= 0.6 is 0 Å². The van der Waals surface area contributed by atoms with Crippen molar-refractivity contribution in [1.82, 2.24) is 9.88 Å². The maximum atomic E-state index is 5.54. The molecule has 0 atom stereocenters. The Labute approximate surface area is 172 Å². The molecule has 148 valence electrons. The number of pyridine rings is 1. The molecule has 0 spiro atoms. The fourth-order valence-corrected chi connectivity index (χ4v) is 4.37. The Balaban J connectivity index is 1.50. The number of morpholine rings is 1. The third-order valence-corrected chi connectivity index (χ3v) is 5.91. The highest BCUT2D eigenvalue weighted by Crippen LogP contribution is 2.33. The van der Waals surface area contributed by atoms with Crippen molar-refractivity contribution in [2.24, 2.45) is 0 Å². The first-order valence-corrected chi connectivity index (χ1v) is 10.5. The Bertz CT molecular complexity index is 953. The molecule has 4 nitrogen and oxygen atoms in total. The van der Waals surface area contributed by atoms with Crippen LogP contribution in [0.2, 0.25) is 0 Å². The van der Waals surface area contributed by atoms with Gasteiger partial charge in [0.05, 0.1) is 13.2 Å². The summed E-state index contributed by atoms with van der Waals surface area (Å²) in [6.07, 6.45) is 1.00. The minimum Gasteiger partial charge on any atom is -0.378 e. The molecule has 1 aromatic heterocycles. The minimum atomic E-state index is 0.782. The number of nitrogens with zero attached hydrogens (tertiary/aromatic N) is 3. The summed E-state index contributed by atoms with van der Waals surface area (Å²) in [5.74, 6) is 1.10. The van der Waals surface area contributed by atoms with Gasteiger partial charge in [0.1, 0.15) is 5.82 Å². The largest absolute Gasteiger partial charge is 0.378 e. The zero-order valence-electron chi connectivity index (χ0n) is 16.8. The Kier molecular flexibility index (Phi) is 5.29. The molecule has 0 radical (unpaired) electrons. The number of rotatable bonds is 4. The SMILES string of the molecule is c1ccc(CN2CCc3nc(N4CCOCC4)cc(-c4ccccc4)c3C2)cc1. The van der Waals surface area contributed by atoms with Gasteiger partial charge in [0.2, 0.25) is 0 Å². The second kappa shape index (κ2) is 8.36. The number of fused-ring (bicyclic) bond motifs is 1. The van der Waals surface area contributed by atoms with Gasteiger partial charge in [-0.2, -0.15) is 0 Å². The molecule has 0 saturated carbocycles. The van der Waals surface area contributed by atoms with E-state index in [1.54, 1.807) is 0 Å². The average Bonchev–Trinajstić information content (AvgIpc) is 2.80. The number of ether oxygens (including phenoxy) is 1. The summed E-state index contributed by atoms with van der Waals surface area (Å²) in [6.45, 7) is 6.38. The average molecular weight is 386 g/mol. The van der Waals surface area contributed by atoms with E-state index in [0.29, 0.717) is 0 Å². The summed E-state index contributed by atoms with van der Waals surface area (Å²) in [4.78, 5) is 10.0. The van der Waals surface area contributed by atoms with Crippen LogP contribution in [0.1, 0.15) is 16.8 Å². The van der Waals surface area contributed by atoms with Gasteiger partial charge < -0.3 is 9.64 Å². The van der Waals surface area contributed by atoms with Gasteiger partial charge >= 0.3 is 0 Å². The minimum absolute atomic E-state index is 0.782. The topological polar surface area (TPSA) is 28.6 Å². The molecule has 1 saturated heterocycles. The molecule has 0 aliphatic carbocycles. The van der Waals surface area contributed by atoms with Crippen molar-refractivity contribution < 1.29 is 4.74 Å². The third-order valence-electron chi connectivity index (χ3n) is 5.91. The van der Waals surface area contributed by atoms with E-state index in [2.05, 4.69) is 76.5 Å². The van der Waals surface area contributed by atoms with Gasteiger partial charge in [0.25, 0.3) is 0 Å². The van der Waals surface area contributed by atoms with E-state index < -0.39 is 0 Å². The summed E-state index contributed by atoms with van der Waals surface area (Å²) in [5, 5.41) is 0. The number of hydrogen-bond acceptors (Lipinski definition) is 4. The van der Waals surface area contributed by atoms with Gasteiger partial charge in [-0.05, 0) is 28.3 Å². The van der Waals surface area contributed by atoms with Crippen LogP contribution in [0.4, 0.5) is 5.82 Å². The van der Waals surface area contributed by atoms with Crippen LogP contribution in [0.15, 0.2) is 66.7 Å². The lowest BCUT2D eigenvalue weighted by atomic mass is 9.94. The van der Waals surface area contributed by atoms with Crippen LogP contribution in [0.5, 0.6) is 0 Å². The van der Waals surface area contributed by atoms with Crippen LogP contribution in [0.25, 0.3) is 11.1 Å². The molecule has 0 bridgehead atoms. The summed E-state index contributed by atoms with van der Waals surface area (Å²) >= 11 is 0. The first-order chi connectivity index (χ1) is 14.4. The van der Waals surface area contributed by atoms with E-state index in [-0.39, 0.29) is 0 Å². The smallest absolute Gasteiger partial charge is 0.129 e. The summed E-state index contributed by atoms with van der Waals surface area (Å²) in [7, 11) is 0. The highest BCUT2D eigenvalue weighted by Gasteiger charge is 2.24. The van der Waals surface area contributed by atoms with Crippen molar-refractivity contribution in [3.8, 4) is 11.1 Å². The highest BCUT2D eigenvalue weighted by molar-refractivity contribution is 5.72. The Morgan fingerprint density at radius 2 is 1.59 bits per heavy atom. The Hall–Kier alpha value is -2.69. The summed E-state index contributed by atoms with van der Waals surface area (Å²) in [6, 6.07) is 23.8. The first kappa shape index (κ1) is 18.3. The molecule has 3 aromatic rings. The predicted octanol–water partition coefficient (Wildman–Crippen LogP) is 4.14. The molecule has 29 heavy (non-hydrogen) atoms. The molecule has 2 aromatic carbocycles. The van der Waals surface area contributed by atoms with E-state index in [4.69, 9.17) is 9.72 Å². The van der Waals surface area contributed by atoms with Crippen molar-refractivity contribution >= 4 is 5.82 Å². The second-order valence-corrected chi connectivity index (χ2v) is 7.86. The van der Waals surface area contributed by atoms with Gasteiger partial charge in [0, 0.05) is 44.8 Å². The van der Waals surface area contributed by atoms with Crippen molar-refractivity contribution in [2.75, 3.05) is 37.7 Å². The Morgan fingerprint density at radius 3 is 2.34 bits per heavy atom. The standard InChI is InChI=1S/C25H27N3O/c1-3-7-20(8-4-1)18-27-12-11-24-23(19-27)22(21-9-5-2-6-10-21)17-25(26-24)28-13-15-29-16-14-28/h1-10,17H,11-16,18-19H2. The molecule has 3 heterocycles. The van der Waals surface area contributed by atoms with Crippen LogP contribution in [0, 0.1) is 0 Å². The molecule has 5 rings (SSSR count). The van der Waals surface area contributed by atoms with Crippen LogP contribution < -0.4 is 4.90 Å². The van der Waals surface area contributed by atoms with Gasteiger partial charge in [-0.3, -0.25) is 4.90 Å².